The molecule has 0 radical (unpaired) electrons. The number of rotatable bonds is 5. The fourth-order valence-corrected chi connectivity index (χ4v) is 8.63. The van der Waals surface area contributed by atoms with Gasteiger partial charge in [-0.1, -0.05) is 61.2 Å². The maximum Gasteiger partial charge on any atom is 0.371 e. The molecule has 4 aliphatic rings. The minimum Gasteiger partial charge on any atom is -0.475 e. The second-order valence-corrected chi connectivity index (χ2v) is 14.2. The summed E-state index contributed by atoms with van der Waals surface area (Å²) in [6.45, 7) is 11.6. The SMILES string of the molecule is C=C1C=CC2(C)C(=C1)CCC1C2CCC2(C)C(C(=O)SCC#COC(=O)CC(C)(C)F)CCC12.CN=O.O=C(O)c1ccco1. The first-order valence-corrected chi connectivity index (χ1v) is 16.3. The molecular weight excluding hydrogens is 597 g/mol. The number of nitrogens with zero attached hydrogens (tertiary/aromatic N) is 1. The summed E-state index contributed by atoms with van der Waals surface area (Å²) in [6, 6.07) is 2.92. The average Bonchev–Trinajstić information content (AvgIpc) is 3.61. The normalized spacial score (nSPS) is 29.4. The van der Waals surface area contributed by atoms with Crippen LogP contribution in [0.15, 0.2) is 63.9 Å². The predicted molar refractivity (Wildman–Crippen MR) is 173 cm³/mol. The Kier molecular flexibility index (Phi) is 12.2. The van der Waals surface area contributed by atoms with Crippen LogP contribution in [0.3, 0.4) is 0 Å². The van der Waals surface area contributed by atoms with Crippen LogP contribution in [0.5, 0.6) is 0 Å². The van der Waals surface area contributed by atoms with Crippen LogP contribution >= 0.6 is 11.8 Å². The van der Waals surface area contributed by atoms with Crippen molar-refractivity contribution in [3.63, 3.8) is 0 Å². The third-order valence-corrected chi connectivity index (χ3v) is 10.6. The molecule has 0 amide bonds. The van der Waals surface area contributed by atoms with Gasteiger partial charge in [0.15, 0.2) is 5.12 Å². The summed E-state index contributed by atoms with van der Waals surface area (Å²) < 4.78 is 22.7. The molecule has 0 spiro atoms. The molecule has 3 saturated carbocycles. The van der Waals surface area contributed by atoms with Gasteiger partial charge in [0.05, 0.1) is 25.5 Å². The number of halogens is 1. The Bertz CT molecular complexity index is 1380. The van der Waals surface area contributed by atoms with E-state index < -0.39 is 17.6 Å². The van der Waals surface area contributed by atoms with Crippen molar-refractivity contribution in [2.75, 3.05) is 12.8 Å². The highest BCUT2D eigenvalue weighted by Gasteiger charge is 2.59. The van der Waals surface area contributed by atoms with Crippen molar-refractivity contribution in [1.82, 2.24) is 0 Å². The van der Waals surface area contributed by atoms with Crippen molar-refractivity contribution >= 4 is 28.8 Å². The van der Waals surface area contributed by atoms with Gasteiger partial charge in [0.25, 0.3) is 0 Å². The van der Waals surface area contributed by atoms with Crippen molar-refractivity contribution in [2.24, 2.45) is 39.7 Å². The Morgan fingerprint density at radius 1 is 1.22 bits per heavy atom. The summed E-state index contributed by atoms with van der Waals surface area (Å²) >= 11 is 1.23. The molecule has 0 aliphatic heterocycles. The van der Waals surface area contributed by atoms with E-state index in [-0.39, 0.29) is 39.8 Å². The zero-order chi connectivity index (χ0) is 33.4. The van der Waals surface area contributed by atoms with Gasteiger partial charge in [-0.2, -0.15) is 4.91 Å². The molecular formula is C35H44FNO7S. The number of nitroso groups, excluding NO2 is 1. The van der Waals surface area contributed by atoms with Crippen LogP contribution in [0.1, 0.15) is 83.2 Å². The Morgan fingerprint density at radius 3 is 2.53 bits per heavy atom. The minimum absolute atomic E-state index is 0.0231. The summed E-state index contributed by atoms with van der Waals surface area (Å²) in [7, 11) is 1.19. The minimum atomic E-state index is -1.62. The van der Waals surface area contributed by atoms with E-state index in [2.05, 4.69) is 60.3 Å². The van der Waals surface area contributed by atoms with Crippen LogP contribution in [0, 0.1) is 51.4 Å². The number of hydrogen-bond acceptors (Lipinski definition) is 8. The maximum absolute atomic E-state index is 13.5. The van der Waals surface area contributed by atoms with Crippen LogP contribution in [0.4, 0.5) is 4.39 Å². The number of carbonyl (C=O) groups excluding carboxylic acids is 2. The number of aromatic carboxylic acids is 1. The topological polar surface area (TPSA) is 123 Å². The number of carboxylic acid groups (broad SMARTS) is 1. The fraction of sp³-hybridized carbons (Fsp3) is 0.571. The van der Waals surface area contributed by atoms with Crippen molar-refractivity contribution in [3.05, 3.63) is 65.0 Å². The van der Waals surface area contributed by atoms with Crippen molar-refractivity contribution < 1.29 is 33.0 Å². The predicted octanol–water partition coefficient (Wildman–Crippen LogP) is 8.16. The van der Waals surface area contributed by atoms with Gasteiger partial charge in [-0.25, -0.2) is 9.18 Å². The van der Waals surface area contributed by atoms with Gasteiger partial charge >= 0.3 is 11.9 Å². The molecule has 1 aromatic rings. The van der Waals surface area contributed by atoms with Gasteiger partial charge in [-0.3, -0.25) is 9.59 Å². The molecule has 5 rings (SSSR count). The van der Waals surface area contributed by atoms with Gasteiger partial charge in [0.1, 0.15) is 11.8 Å². The molecule has 45 heavy (non-hydrogen) atoms. The van der Waals surface area contributed by atoms with Crippen LogP contribution in [-0.2, 0) is 14.3 Å². The van der Waals surface area contributed by atoms with Gasteiger partial charge in [0.2, 0.25) is 5.76 Å². The molecule has 1 heterocycles. The average molecular weight is 642 g/mol. The zero-order valence-electron chi connectivity index (χ0n) is 26.8. The van der Waals surface area contributed by atoms with E-state index in [9.17, 15) is 18.8 Å². The molecule has 1 N–H and O–H groups in total. The molecule has 1 aromatic heterocycles. The fourth-order valence-electron chi connectivity index (χ4n) is 7.77. The second-order valence-electron chi connectivity index (χ2n) is 13.2. The largest absolute Gasteiger partial charge is 0.475 e. The van der Waals surface area contributed by atoms with E-state index in [1.165, 1.54) is 57.5 Å². The molecule has 6 atom stereocenters. The third-order valence-electron chi connectivity index (χ3n) is 9.75. The molecule has 0 bridgehead atoms. The van der Waals surface area contributed by atoms with E-state index >= 15 is 0 Å². The highest BCUT2D eigenvalue weighted by Crippen LogP contribution is 2.66. The van der Waals surface area contributed by atoms with E-state index in [0.29, 0.717) is 17.8 Å². The molecule has 8 nitrogen and oxygen atoms in total. The summed E-state index contributed by atoms with van der Waals surface area (Å²) in [5.74, 6) is 3.24. The summed E-state index contributed by atoms with van der Waals surface area (Å²) in [5.41, 5.74) is 1.22. The Morgan fingerprint density at radius 2 is 1.93 bits per heavy atom. The maximum atomic E-state index is 13.5. The number of esters is 1. The van der Waals surface area contributed by atoms with Crippen LogP contribution in [0.25, 0.3) is 0 Å². The molecule has 4 aliphatic carbocycles. The highest BCUT2D eigenvalue weighted by atomic mass is 32.2. The first kappa shape index (κ1) is 36.0. The number of ether oxygens (including phenoxy) is 1. The smallest absolute Gasteiger partial charge is 0.371 e. The van der Waals surface area contributed by atoms with E-state index in [0.717, 1.165) is 37.7 Å². The number of fused-ring (bicyclic) bond motifs is 5. The number of alkyl halides is 1. The highest BCUT2D eigenvalue weighted by molar-refractivity contribution is 8.13. The summed E-state index contributed by atoms with van der Waals surface area (Å²) in [6.07, 6.45) is 16.9. The van der Waals surface area contributed by atoms with Gasteiger partial charge < -0.3 is 14.3 Å². The molecule has 6 unspecified atom stereocenters. The first-order chi connectivity index (χ1) is 21.2. The van der Waals surface area contributed by atoms with E-state index in [1.807, 2.05) is 0 Å². The van der Waals surface area contributed by atoms with Gasteiger partial charge in [0, 0.05) is 11.3 Å². The van der Waals surface area contributed by atoms with Crippen molar-refractivity contribution in [2.45, 2.75) is 78.3 Å². The van der Waals surface area contributed by atoms with Crippen molar-refractivity contribution in [1.29, 1.82) is 0 Å². The summed E-state index contributed by atoms with van der Waals surface area (Å²) in [5, 5.41) is 10.6. The third kappa shape index (κ3) is 8.84. The monoisotopic (exact) mass is 641 g/mol. The lowest BCUT2D eigenvalue weighted by Gasteiger charge is -2.57. The Hall–Kier alpha value is -3.45. The second kappa shape index (κ2) is 15.2. The van der Waals surface area contributed by atoms with Crippen LogP contribution < -0.4 is 0 Å². The van der Waals surface area contributed by atoms with Crippen LogP contribution in [0.2, 0.25) is 0 Å². The van der Waals surface area contributed by atoms with E-state index in [4.69, 9.17) is 14.8 Å². The number of carbonyl (C=O) groups is 3. The van der Waals surface area contributed by atoms with Gasteiger partial charge in [-0.05, 0) is 99.2 Å². The van der Waals surface area contributed by atoms with E-state index in [1.54, 1.807) is 5.57 Å². The lowest BCUT2D eigenvalue weighted by Crippen LogP contribution is -2.50. The quantitative estimate of drug-likeness (QED) is 0.194. The standard InChI is InChI=1S/C29H37FO3S.C5H4O3.CH3NO/c1-19-11-13-28(4)20(17-19)7-8-21-22-9-10-24(29(22,5)14-12-23(21)28)26(32)34-16-6-15-33-25(31)18-27(2,3)30;6-5(7)4-2-1-3-8-4;1-2-3/h11,13,17,21-24H,1,7-10,12,14,16,18H2,2-5H3;1-3H,(H,6,7);1H3. The van der Waals surface area contributed by atoms with Crippen LogP contribution in [-0.4, -0.2) is 40.6 Å². The number of thioether (sulfide) groups is 1. The summed E-state index contributed by atoms with van der Waals surface area (Å²) in [4.78, 5) is 43.3. The lowest BCUT2D eigenvalue weighted by molar-refractivity contribution is -0.139. The molecule has 3 fully saturated rings. The molecule has 244 valence electrons. The zero-order valence-corrected chi connectivity index (χ0v) is 27.6. The van der Waals surface area contributed by atoms with Gasteiger partial charge in [-0.15, -0.1) is 0 Å². The number of allylic oxidation sites excluding steroid dienone is 5. The molecule has 0 aromatic carbocycles. The molecule has 0 saturated heterocycles. The number of carboxylic acids is 1. The molecule has 10 heteroatoms. The number of furan rings is 1. The Balaban J connectivity index is 0.000000426. The Labute approximate surface area is 269 Å². The van der Waals surface area contributed by atoms with Crippen molar-refractivity contribution in [3.8, 4) is 12.0 Å². The first-order valence-electron chi connectivity index (χ1n) is 15.3. The lowest BCUT2D eigenvalue weighted by atomic mass is 9.48. The number of hydrogen-bond donors (Lipinski definition) is 1.